The zero-order valence-electron chi connectivity index (χ0n) is 8.22. The van der Waals surface area contributed by atoms with Gasteiger partial charge in [0.05, 0.1) is 4.47 Å². The van der Waals surface area contributed by atoms with Crippen LogP contribution < -0.4 is 5.32 Å². The number of nitrogens with zero attached hydrogens (tertiary/aromatic N) is 2. The molecule has 0 amide bonds. The average Bonchev–Trinajstić information content (AvgIpc) is 2.28. The van der Waals surface area contributed by atoms with Gasteiger partial charge in [0.15, 0.2) is 0 Å². The molecule has 0 spiro atoms. The summed E-state index contributed by atoms with van der Waals surface area (Å²) < 4.78 is 27.2. The van der Waals surface area contributed by atoms with Gasteiger partial charge in [-0.25, -0.2) is 13.8 Å². The van der Waals surface area contributed by atoms with Crippen molar-refractivity contribution in [2.24, 2.45) is 0 Å². The third kappa shape index (κ3) is 2.70. The number of anilines is 2. The summed E-state index contributed by atoms with van der Waals surface area (Å²) in [5.74, 6) is -1.24. The van der Waals surface area contributed by atoms with Crippen molar-refractivity contribution in [1.82, 2.24) is 9.97 Å². The van der Waals surface area contributed by atoms with E-state index in [1.807, 2.05) is 0 Å². The predicted molar refractivity (Wildman–Crippen MR) is 64.4 cm³/mol. The maximum atomic E-state index is 13.4. The normalized spacial score (nSPS) is 10.4. The Bertz CT molecular complexity index is 545. The average molecular weight is 321 g/mol. The van der Waals surface area contributed by atoms with Crippen molar-refractivity contribution in [2.75, 3.05) is 5.32 Å². The van der Waals surface area contributed by atoms with E-state index in [4.69, 9.17) is 11.6 Å². The monoisotopic (exact) mass is 319 g/mol. The smallest absolute Gasteiger partial charge is 0.224 e. The molecule has 0 atom stereocenters. The molecule has 0 saturated carbocycles. The number of rotatable bonds is 2. The lowest BCUT2D eigenvalue weighted by Gasteiger charge is -2.09. The van der Waals surface area contributed by atoms with Gasteiger partial charge in [-0.2, -0.15) is 4.98 Å². The van der Waals surface area contributed by atoms with E-state index in [0.717, 1.165) is 12.1 Å². The Morgan fingerprint density at radius 3 is 2.53 bits per heavy atom. The fourth-order valence-electron chi connectivity index (χ4n) is 1.17. The lowest BCUT2D eigenvalue weighted by molar-refractivity contribution is 0.590. The van der Waals surface area contributed by atoms with Crippen LogP contribution in [0.1, 0.15) is 0 Å². The topological polar surface area (TPSA) is 37.8 Å². The second-order valence-corrected chi connectivity index (χ2v) is 4.25. The molecule has 0 fully saturated rings. The van der Waals surface area contributed by atoms with Crippen molar-refractivity contribution in [2.45, 2.75) is 0 Å². The molecule has 0 saturated heterocycles. The summed E-state index contributed by atoms with van der Waals surface area (Å²) in [7, 11) is 0. The van der Waals surface area contributed by atoms with Crippen LogP contribution >= 0.6 is 27.5 Å². The zero-order valence-corrected chi connectivity index (χ0v) is 10.6. The first-order valence-corrected chi connectivity index (χ1v) is 5.64. The Morgan fingerprint density at radius 2 is 1.88 bits per heavy atom. The minimum absolute atomic E-state index is 0.0209. The van der Waals surface area contributed by atoms with Crippen molar-refractivity contribution in [3.8, 4) is 0 Å². The van der Waals surface area contributed by atoms with Crippen LogP contribution in [0, 0.1) is 11.6 Å². The highest BCUT2D eigenvalue weighted by Crippen LogP contribution is 2.27. The third-order valence-electron chi connectivity index (χ3n) is 1.92. The summed E-state index contributed by atoms with van der Waals surface area (Å²) in [4.78, 5) is 7.52. The summed E-state index contributed by atoms with van der Waals surface area (Å²) in [5, 5.41) is 2.50. The van der Waals surface area contributed by atoms with Gasteiger partial charge in [-0.05, 0) is 39.7 Å². The highest BCUT2D eigenvalue weighted by atomic mass is 79.9. The first-order valence-electron chi connectivity index (χ1n) is 4.47. The molecule has 2 rings (SSSR count). The van der Waals surface area contributed by atoms with Crippen molar-refractivity contribution in [3.05, 3.63) is 45.8 Å². The molecular weight excluding hydrogens is 315 g/mol. The fourth-order valence-corrected chi connectivity index (χ4v) is 1.59. The molecule has 88 valence electrons. The number of para-hydroxylation sites is 1. The van der Waals surface area contributed by atoms with Gasteiger partial charge in [-0.15, -0.1) is 0 Å². The molecule has 1 aromatic heterocycles. The molecular formula is C10H5BrClF2N3. The van der Waals surface area contributed by atoms with Gasteiger partial charge in [0, 0.05) is 6.20 Å². The quantitative estimate of drug-likeness (QED) is 0.852. The summed E-state index contributed by atoms with van der Waals surface area (Å²) in [6.45, 7) is 0. The van der Waals surface area contributed by atoms with Gasteiger partial charge >= 0.3 is 0 Å². The molecule has 0 aliphatic carbocycles. The van der Waals surface area contributed by atoms with E-state index in [1.54, 1.807) is 0 Å². The Morgan fingerprint density at radius 1 is 1.24 bits per heavy atom. The molecule has 0 bridgehead atoms. The van der Waals surface area contributed by atoms with Gasteiger partial charge in [-0.1, -0.05) is 6.07 Å². The molecule has 1 aromatic carbocycles. The van der Waals surface area contributed by atoms with Crippen molar-refractivity contribution in [1.29, 1.82) is 0 Å². The molecule has 17 heavy (non-hydrogen) atoms. The molecule has 0 aliphatic heterocycles. The molecule has 1 N–H and O–H groups in total. The maximum Gasteiger partial charge on any atom is 0.224 e. The van der Waals surface area contributed by atoms with Crippen molar-refractivity contribution in [3.63, 3.8) is 0 Å². The molecule has 0 unspecified atom stereocenters. The molecule has 1 heterocycles. The molecule has 0 aliphatic rings. The Balaban J connectivity index is 2.41. The van der Waals surface area contributed by atoms with E-state index in [2.05, 4.69) is 31.2 Å². The highest BCUT2D eigenvalue weighted by molar-refractivity contribution is 9.10. The Hall–Kier alpha value is -1.27. The van der Waals surface area contributed by atoms with E-state index in [-0.39, 0.29) is 16.8 Å². The summed E-state index contributed by atoms with van der Waals surface area (Å²) in [5.41, 5.74) is -0.289. The second-order valence-electron chi connectivity index (χ2n) is 3.06. The number of hydrogen-bond acceptors (Lipinski definition) is 3. The van der Waals surface area contributed by atoms with E-state index < -0.39 is 11.6 Å². The molecule has 2 aromatic rings. The van der Waals surface area contributed by atoms with Gasteiger partial charge in [-0.3, -0.25) is 0 Å². The van der Waals surface area contributed by atoms with Crippen molar-refractivity contribution < 1.29 is 8.78 Å². The number of aromatic nitrogens is 2. The Labute approximate surface area is 109 Å². The maximum absolute atomic E-state index is 13.4. The predicted octanol–water partition coefficient (Wildman–Crippen LogP) is 3.91. The number of halogens is 4. The minimum atomic E-state index is -0.716. The van der Waals surface area contributed by atoms with E-state index in [9.17, 15) is 8.78 Å². The zero-order chi connectivity index (χ0) is 12.4. The third-order valence-corrected chi connectivity index (χ3v) is 2.68. The van der Waals surface area contributed by atoms with Gasteiger partial charge in [0.25, 0.3) is 0 Å². The van der Waals surface area contributed by atoms with Crippen LogP contribution in [0.15, 0.2) is 28.9 Å². The largest absolute Gasteiger partial charge is 0.334 e. The first-order chi connectivity index (χ1) is 8.08. The lowest BCUT2D eigenvalue weighted by atomic mass is 10.3. The summed E-state index contributed by atoms with van der Waals surface area (Å²) in [6.07, 6.45) is 1.39. The van der Waals surface area contributed by atoms with Crippen molar-refractivity contribution >= 4 is 39.0 Å². The van der Waals surface area contributed by atoms with Crippen LogP contribution in [0.25, 0.3) is 0 Å². The molecule has 7 heteroatoms. The van der Waals surface area contributed by atoms with Crippen LogP contribution in [0.2, 0.25) is 5.28 Å². The first kappa shape index (κ1) is 12.2. The van der Waals surface area contributed by atoms with Crippen LogP contribution in [0.5, 0.6) is 0 Å². The van der Waals surface area contributed by atoms with E-state index in [1.165, 1.54) is 12.3 Å². The second kappa shape index (κ2) is 4.93. The molecule has 0 radical (unpaired) electrons. The summed E-state index contributed by atoms with van der Waals surface area (Å²) >= 11 is 8.74. The fraction of sp³-hybridized carbons (Fsp3) is 0. The van der Waals surface area contributed by atoms with Gasteiger partial charge in [0.2, 0.25) is 5.28 Å². The van der Waals surface area contributed by atoms with Crippen LogP contribution in [0.4, 0.5) is 20.3 Å². The summed E-state index contributed by atoms with van der Waals surface area (Å²) in [6, 6.07) is 3.56. The van der Waals surface area contributed by atoms with E-state index in [0.29, 0.717) is 4.47 Å². The van der Waals surface area contributed by atoms with Crippen LogP contribution in [0.3, 0.4) is 0 Å². The van der Waals surface area contributed by atoms with Gasteiger partial charge in [0.1, 0.15) is 23.1 Å². The number of nitrogens with one attached hydrogen (secondary N) is 1. The lowest BCUT2D eigenvalue weighted by Crippen LogP contribution is -2.01. The van der Waals surface area contributed by atoms with E-state index >= 15 is 0 Å². The number of benzene rings is 1. The SMILES string of the molecule is Fc1cccc(F)c1Nc1nc(Cl)ncc1Br. The standard InChI is InChI=1S/C10H5BrClF2N3/c11-5-4-15-10(12)17-9(5)16-8-6(13)2-1-3-7(8)14/h1-4H,(H,15,16,17). The molecule has 3 nitrogen and oxygen atoms in total. The minimum Gasteiger partial charge on any atom is -0.334 e. The van der Waals surface area contributed by atoms with Crippen LogP contribution in [-0.2, 0) is 0 Å². The van der Waals surface area contributed by atoms with Crippen LogP contribution in [-0.4, -0.2) is 9.97 Å². The highest BCUT2D eigenvalue weighted by Gasteiger charge is 2.11. The Kier molecular flexibility index (Phi) is 3.54. The number of hydrogen-bond donors (Lipinski definition) is 1. The van der Waals surface area contributed by atoms with Gasteiger partial charge < -0.3 is 5.32 Å².